The minimum Gasteiger partial charge on any atom is -0.507 e. The zero-order chi connectivity index (χ0) is 28.1. The molecule has 38 heavy (non-hydrogen) atoms. The van der Waals surface area contributed by atoms with Crippen molar-refractivity contribution in [3.05, 3.63) is 41.1 Å². The van der Waals surface area contributed by atoms with Gasteiger partial charge in [0.25, 0.3) is 0 Å². The molecule has 3 aliphatic rings. The first-order chi connectivity index (χ1) is 17.6. The van der Waals surface area contributed by atoms with Crippen molar-refractivity contribution in [2.75, 3.05) is 0 Å². The number of amides is 1. The smallest absolute Gasteiger partial charge is 0.230 e. The van der Waals surface area contributed by atoms with E-state index in [1.807, 2.05) is 40.0 Å². The van der Waals surface area contributed by atoms with Crippen LogP contribution in [-0.2, 0) is 16.0 Å². The molecule has 9 heteroatoms. The molecule has 1 heterocycles. The molecule has 204 valence electrons. The van der Waals surface area contributed by atoms with Gasteiger partial charge in [-0.3, -0.25) is 14.4 Å². The van der Waals surface area contributed by atoms with E-state index >= 15 is 0 Å². The Balaban J connectivity index is 1.74. The molecule has 2 saturated carbocycles. The number of aliphatic hydroxyl groups excluding tert-OH is 2. The second-order valence-electron chi connectivity index (χ2n) is 12.6. The van der Waals surface area contributed by atoms with Gasteiger partial charge in [-0.2, -0.15) is 0 Å². The van der Waals surface area contributed by atoms with Crippen molar-refractivity contribution in [1.29, 1.82) is 0 Å². The van der Waals surface area contributed by atoms with Crippen LogP contribution in [-0.4, -0.2) is 60.7 Å². The minimum atomic E-state index is -2.51. The number of aliphatic hydroxyl groups is 3. The first-order valence-electron chi connectivity index (χ1n) is 13.1. The number of nitrogens with one attached hydrogen (secondary N) is 1. The second kappa shape index (κ2) is 8.24. The summed E-state index contributed by atoms with van der Waals surface area (Å²) in [7, 11) is 0. The molecule has 0 spiro atoms. The molecule has 0 aliphatic heterocycles. The summed E-state index contributed by atoms with van der Waals surface area (Å²) in [4.78, 5) is 43.3. The summed E-state index contributed by atoms with van der Waals surface area (Å²) in [6.07, 6.45) is -1.11. The van der Waals surface area contributed by atoms with Gasteiger partial charge in [-0.25, -0.2) is 0 Å². The fraction of sp³-hybridized carbons (Fsp3) is 0.552. The van der Waals surface area contributed by atoms with Crippen molar-refractivity contribution in [2.45, 2.75) is 65.3 Å². The number of aromatic nitrogens is 1. The number of carbonyl (C=O) groups is 3. The Kier molecular flexibility index (Phi) is 5.77. The number of aromatic amines is 1. The number of benzene rings is 1. The Labute approximate surface area is 221 Å². The van der Waals surface area contributed by atoms with E-state index in [9.17, 15) is 34.8 Å². The molecular weight excluding hydrogens is 488 g/mol. The van der Waals surface area contributed by atoms with Crippen molar-refractivity contribution in [3.8, 4) is 17.0 Å². The van der Waals surface area contributed by atoms with Gasteiger partial charge >= 0.3 is 0 Å². The third-order valence-electron chi connectivity index (χ3n) is 9.78. The van der Waals surface area contributed by atoms with E-state index in [-0.39, 0.29) is 30.1 Å². The van der Waals surface area contributed by atoms with Crippen LogP contribution in [0.25, 0.3) is 11.3 Å². The second-order valence-corrected chi connectivity index (χ2v) is 12.6. The largest absolute Gasteiger partial charge is 0.507 e. The number of phenols is 1. The molecule has 1 amide bonds. The zero-order valence-corrected chi connectivity index (χ0v) is 22.3. The van der Waals surface area contributed by atoms with Crippen LogP contribution in [0.15, 0.2) is 24.4 Å². The van der Waals surface area contributed by atoms with Gasteiger partial charge in [0, 0.05) is 22.9 Å². The molecule has 3 aliphatic carbocycles. The highest BCUT2D eigenvalue weighted by Gasteiger charge is 2.75. The summed E-state index contributed by atoms with van der Waals surface area (Å²) in [5.41, 5.74) is 3.86. The van der Waals surface area contributed by atoms with Crippen molar-refractivity contribution in [1.82, 2.24) is 4.98 Å². The highest BCUT2D eigenvalue weighted by molar-refractivity contribution is 6.09. The molecule has 0 bridgehead atoms. The fourth-order valence-corrected chi connectivity index (χ4v) is 8.44. The average molecular weight is 525 g/mol. The van der Waals surface area contributed by atoms with E-state index in [0.29, 0.717) is 5.56 Å². The Morgan fingerprint density at radius 2 is 1.84 bits per heavy atom. The van der Waals surface area contributed by atoms with Crippen LogP contribution >= 0.6 is 0 Å². The van der Waals surface area contributed by atoms with Gasteiger partial charge in [-0.1, -0.05) is 27.7 Å². The quantitative estimate of drug-likeness (QED) is 0.332. The van der Waals surface area contributed by atoms with E-state index in [1.165, 1.54) is 6.07 Å². The third-order valence-corrected chi connectivity index (χ3v) is 9.78. The summed E-state index contributed by atoms with van der Waals surface area (Å²) in [6, 6.07) is 5.12. The van der Waals surface area contributed by atoms with E-state index in [2.05, 4.69) is 4.98 Å². The molecule has 8 atom stereocenters. The third kappa shape index (κ3) is 3.18. The number of hydrogen-bond acceptors (Lipinski definition) is 7. The number of carbonyl (C=O) groups excluding carboxylic acids is 3. The van der Waals surface area contributed by atoms with E-state index in [1.54, 1.807) is 13.0 Å². The molecule has 1 aromatic carbocycles. The fourth-order valence-electron chi connectivity index (χ4n) is 8.44. The zero-order valence-electron chi connectivity index (χ0n) is 22.3. The molecule has 4 unspecified atom stereocenters. The minimum absolute atomic E-state index is 0.0543. The van der Waals surface area contributed by atoms with Gasteiger partial charge in [0.2, 0.25) is 5.91 Å². The number of aromatic hydroxyl groups is 1. The Morgan fingerprint density at radius 1 is 1.18 bits per heavy atom. The molecule has 0 saturated heterocycles. The van der Waals surface area contributed by atoms with Crippen molar-refractivity contribution < 1.29 is 34.8 Å². The lowest BCUT2D eigenvalue weighted by atomic mass is 9.39. The summed E-state index contributed by atoms with van der Waals surface area (Å²) in [5.74, 6) is -7.00. The number of primary amides is 1. The van der Waals surface area contributed by atoms with Crippen molar-refractivity contribution >= 4 is 17.5 Å². The van der Waals surface area contributed by atoms with Gasteiger partial charge in [0.15, 0.2) is 17.2 Å². The van der Waals surface area contributed by atoms with Gasteiger partial charge in [-0.15, -0.1) is 0 Å². The standard InChI is InChI=1S/C29H36N2O7/c1-12(2)20-23(34)19(26(30)37)24(35)29(38)25(36)21-22(33)18-15(9-27(21,4)11-28(20,29)5)14(6-7-17(18)32)16-8-13(3)10-31-16/h6-8,10,12,19-21,23,25,31-32,34,36,38H,9,11H2,1-5H3,(H2,30,37)/t19?,20-,21?,23?,25?,27+,28+,29-/m0/s1. The van der Waals surface area contributed by atoms with Gasteiger partial charge in [0.1, 0.15) is 17.8 Å². The summed E-state index contributed by atoms with van der Waals surface area (Å²) in [5, 5.41) is 46.0. The van der Waals surface area contributed by atoms with Gasteiger partial charge < -0.3 is 31.1 Å². The maximum absolute atomic E-state index is 14.1. The first kappa shape index (κ1) is 26.6. The highest BCUT2D eigenvalue weighted by Crippen LogP contribution is 2.66. The summed E-state index contributed by atoms with van der Waals surface area (Å²) in [6.45, 7) is 9.07. The van der Waals surface area contributed by atoms with Crippen LogP contribution in [0, 0.1) is 41.4 Å². The Bertz CT molecular complexity index is 1360. The van der Waals surface area contributed by atoms with Crippen LogP contribution in [0.2, 0.25) is 0 Å². The average Bonchev–Trinajstić information content (AvgIpc) is 3.21. The monoisotopic (exact) mass is 524 g/mol. The summed E-state index contributed by atoms with van der Waals surface area (Å²) >= 11 is 0. The lowest BCUT2D eigenvalue weighted by Gasteiger charge is -2.66. The van der Waals surface area contributed by atoms with Crippen LogP contribution in [0.3, 0.4) is 0 Å². The molecule has 7 N–H and O–H groups in total. The highest BCUT2D eigenvalue weighted by atomic mass is 16.4. The Hall–Kier alpha value is -3.01. The molecule has 2 aromatic rings. The number of H-pyrrole nitrogens is 1. The maximum atomic E-state index is 14.1. The van der Waals surface area contributed by atoms with E-state index in [0.717, 1.165) is 16.8 Å². The molecule has 0 radical (unpaired) electrons. The number of rotatable bonds is 3. The number of Topliss-reactive ketones (excluding diaryl/α,β-unsaturated/α-hetero) is 2. The molecule has 1 aromatic heterocycles. The number of ketones is 2. The molecule has 5 rings (SSSR count). The van der Waals surface area contributed by atoms with Crippen LogP contribution in [0.5, 0.6) is 5.75 Å². The molecule has 9 nitrogen and oxygen atoms in total. The lowest BCUT2D eigenvalue weighted by Crippen LogP contribution is -2.79. The van der Waals surface area contributed by atoms with Crippen molar-refractivity contribution in [2.24, 2.45) is 40.2 Å². The number of aryl methyl sites for hydroxylation is 1. The first-order valence-corrected chi connectivity index (χ1v) is 13.1. The van der Waals surface area contributed by atoms with Crippen LogP contribution in [0.4, 0.5) is 0 Å². The SMILES string of the molecule is Cc1c[nH]c(-c2ccc(O)c3c2C[C@]2(C)C[C@]4(C)[C@@H](C(C)C)C(O)C(C(N)=O)C(=O)[C@]4(O)C(O)C2C3=O)c1. The number of nitrogens with two attached hydrogens (primary N) is 1. The predicted octanol–water partition coefficient (Wildman–Crippen LogP) is 1.88. The van der Waals surface area contributed by atoms with Crippen LogP contribution in [0.1, 0.15) is 55.6 Å². The summed E-state index contributed by atoms with van der Waals surface area (Å²) < 4.78 is 0. The lowest BCUT2D eigenvalue weighted by molar-refractivity contribution is -0.265. The van der Waals surface area contributed by atoms with Gasteiger partial charge in [-0.05, 0) is 66.3 Å². The molecule has 2 fully saturated rings. The topological polar surface area (TPSA) is 174 Å². The predicted molar refractivity (Wildman–Crippen MR) is 138 cm³/mol. The molecular formula is C29H36N2O7. The number of hydrogen-bond donors (Lipinski definition) is 6. The van der Waals surface area contributed by atoms with Crippen molar-refractivity contribution in [3.63, 3.8) is 0 Å². The maximum Gasteiger partial charge on any atom is 0.230 e. The van der Waals surface area contributed by atoms with Crippen LogP contribution < -0.4 is 5.73 Å². The number of fused-ring (bicyclic) bond motifs is 3. The van der Waals surface area contributed by atoms with E-state index in [4.69, 9.17) is 5.73 Å². The van der Waals surface area contributed by atoms with E-state index < -0.39 is 63.9 Å². The number of phenolic OH excluding ortho intramolecular Hbond substituents is 1. The Morgan fingerprint density at radius 3 is 2.39 bits per heavy atom. The normalized spacial score (nSPS) is 38.5. The van der Waals surface area contributed by atoms with Gasteiger partial charge in [0.05, 0.1) is 17.6 Å².